The lowest BCUT2D eigenvalue weighted by Crippen LogP contribution is -2.38. The van der Waals surface area contributed by atoms with Gasteiger partial charge in [-0.15, -0.1) is 0 Å². The average molecular weight is 566 g/mol. The van der Waals surface area contributed by atoms with Crippen LogP contribution < -0.4 is 5.32 Å². The number of carboxylic acid groups (broad SMARTS) is 1. The first-order chi connectivity index (χ1) is 17.0. The second-order valence-electron chi connectivity index (χ2n) is 8.94. The molecule has 4 N–H and O–H groups in total. The monoisotopic (exact) mass is 564 g/mol. The van der Waals surface area contributed by atoms with Gasteiger partial charge in [-0.05, 0) is 62.0 Å². The molecule has 0 spiro atoms. The molecule has 0 unspecified atom stereocenters. The molecule has 3 aromatic carbocycles. The van der Waals surface area contributed by atoms with Gasteiger partial charge >= 0.3 is 5.97 Å². The molecule has 0 fully saturated rings. The van der Waals surface area contributed by atoms with Gasteiger partial charge in [-0.1, -0.05) is 88.3 Å². The predicted molar refractivity (Wildman–Crippen MR) is 161 cm³/mol. The maximum atomic E-state index is 10.8. The summed E-state index contributed by atoms with van der Waals surface area (Å²) in [6.07, 6.45) is 0.566. The van der Waals surface area contributed by atoms with Gasteiger partial charge in [0.25, 0.3) is 0 Å². The Bertz CT molecular complexity index is 1140. The first-order valence-corrected chi connectivity index (χ1v) is 12.4. The maximum absolute atomic E-state index is 10.8. The summed E-state index contributed by atoms with van der Waals surface area (Å²) in [6.45, 7) is 4.81. The number of benzene rings is 3. The number of carboxylic acids is 1. The molecule has 0 saturated heterocycles. The van der Waals surface area contributed by atoms with Gasteiger partial charge in [-0.2, -0.15) is 0 Å². The van der Waals surface area contributed by atoms with E-state index < -0.39 is 11.6 Å². The summed E-state index contributed by atoms with van der Waals surface area (Å²) < 4.78 is 0. The molecule has 0 aliphatic heterocycles. The van der Waals surface area contributed by atoms with E-state index in [4.69, 9.17) is 28.3 Å². The number of hydrogen-bond donors (Lipinski definition) is 4. The van der Waals surface area contributed by atoms with Crippen molar-refractivity contribution in [3.63, 3.8) is 0 Å². The largest absolute Gasteiger partial charge is 0.508 e. The van der Waals surface area contributed by atoms with Crippen LogP contribution in [0.15, 0.2) is 66.7 Å². The third kappa shape index (κ3) is 9.84. The Morgan fingerprint density at radius 3 is 2.11 bits per heavy atom. The van der Waals surface area contributed by atoms with Crippen LogP contribution in [0.1, 0.15) is 46.2 Å². The van der Waals surface area contributed by atoms with Gasteiger partial charge in [0.2, 0.25) is 0 Å². The highest BCUT2D eigenvalue weighted by Crippen LogP contribution is 2.35. The number of aliphatic hydroxyl groups is 1. The summed E-state index contributed by atoms with van der Waals surface area (Å²) in [7, 11) is 3.99. The number of hydrogen-bond acceptors (Lipinski definition) is 5. The zero-order valence-electron chi connectivity index (χ0n) is 21.0. The molecule has 3 rings (SSSR count). The summed E-state index contributed by atoms with van der Waals surface area (Å²) in [4.78, 5) is 12.9. The van der Waals surface area contributed by atoms with Gasteiger partial charge in [0, 0.05) is 18.2 Å². The lowest BCUT2D eigenvalue weighted by molar-refractivity contribution is -0.136. The minimum Gasteiger partial charge on any atom is -0.508 e. The van der Waals surface area contributed by atoms with Crippen molar-refractivity contribution in [3.05, 3.63) is 87.9 Å². The molecule has 38 heavy (non-hydrogen) atoms. The van der Waals surface area contributed by atoms with Crippen molar-refractivity contribution in [3.8, 4) is 5.75 Å². The van der Waals surface area contributed by atoms with E-state index in [-0.39, 0.29) is 32.9 Å². The molecular weight excluding hydrogens is 523 g/mol. The molecule has 0 radical (unpaired) electrons. The van der Waals surface area contributed by atoms with Crippen LogP contribution in [0.2, 0.25) is 10.0 Å². The molecule has 210 valence electrons. The molecule has 0 amide bonds. The number of phenolic OH excluding ortho intramolecular Hbond substituents is 1. The van der Waals surface area contributed by atoms with Crippen molar-refractivity contribution in [1.82, 2.24) is 4.90 Å². The maximum Gasteiger partial charge on any atom is 0.307 e. The Hall–Kier alpha value is -2.77. The van der Waals surface area contributed by atoms with Crippen LogP contribution in [0.5, 0.6) is 5.75 Å². The number of carbonyl (C=O) groups is 1. The topological polar surface area (TPSA) is 93.0 Å². The highest BCUT2D eigenvalue weighted by atomic mass is 35.5. The van der Waals surface area contributed by atoms with Crippen LogP contribution in [0.3, 0.4) is 0 Å². The second-order valence-corrected chi connectivity index (χ2v) is 9.76. The zero-order valence-corrected chi connectivity index (χ0v) is 22.5. The Morgan fingerprint density at radius 2 is 1.58 bits per heavy atom. The molecule has 0 aliphatic carbocycles. The molecule has 0 aromatic heterocycles. The molecule has 0 saturated carbocycles. The predicted octanol–water partition coefficient (Wildman–Crippen LogP) is 7.82. The van der Waals surface area contributed by atoms with E-state index in [1.165, 1.54) is 0 Å². The van der Waals surface area contributed by atoms with Crippen LogP contribution in [0.4, 0.5) is 11.4 Å². The van der Waals surface area contributed by atoms with Crippen molar-refractivity contribution in [1.29, 1.82) is 0 Å². The standard InChI is InChI=1S/C14H11Cl2NO2.C14H23NO2.2CH4/c15-10-5-3-6-11(16)14(10)17-12-7-2-1-4-9(12)8-13(18)19;1-5-14(17,11(2)10-15(3)4)12-7-6-8-13(16)9-12;;/h1-7,17H,8H2,(H,18,19);6-9,11,16-17H,5,10H2,1-4H3;2*1H4/t;11-,14-;;/m.1../s1. The summed E-state index contributed by atoms with van der Waals surface area (Å²) in [5.74, 6) is -0.588. The van der Waals surface area contributed by atoms with Crippen molar-refractivity contribution in [2.75, 3.05) is 26.0 Å². The number of anilines is 2. The summed E-state index contributed by atoms with van der Waals surface area (Å²) in [5, 5.41) is 33.3. The first-order valence-electron chi connectivity index (χ1n) is 11.6. The Kier molecular flexibility index (Phi) is 15.1. The van der Waals surface area contributed by atoms with Gasteiger partial charge in [0.05, 0.1) is 27.8 Å². The van der Waals surface area contributed by atoms with E-state index in [9.17, 15) is 15.0 Å². The number of aliphatic carboxylic acids is 1. The number of para-hydroxylation sites is 2. The van der Waals surface area contributed by atoms with E-state index in [1.54, 1.807) is 54.6 Å². The lowest BCUT2D eigenvalue weighted by Gasteiger charge is -2.35. The Balaban J connectivity index is 0.000000689. The molecule has 3 aromatic rings. The number of nitrogens with one attached hydrogen (secondary N) is 1. The first kappa shape index (κ1) is 35.2. The van der Waals surface area contributed by atoms with Crippen LogP contribution >= 0.6 is 23.2 Å². The van der Waals surface area contributed by atoms with Crippen LogP contribution in [-0.2, 0) is 16.8 Å². The van der Waals surface area contributed by atoms with E-state index in [0.29, 0.717) is 33.4 Å². The number of rotatable bonds is 9. The lowest BCUT2D eigenvalue weighted by atomic mass is 9.80. The number of aromatic hydroxyl groups is 1. The SMILES string of the molecule is C.C.CC[C@](O)(c1cccc(O)c1)[C@H](C)CN(C)C.O=C(O)Cc1ccccc1Nc1c(Cl)cccc1Cl. The average Bonchev–Trinajstić information content (AvgIpc) is 2.81. The van der Waals surface area contributed by atoms with E-state index >= 15 is 0 Å². The van der Waals surface area contributed by atoms with Crippen molar-refractivity contribution in [2.45, 2.75) is 47.1 Å². The van der Waals surface area contributed by atoms with Crippen molar-refractivity contribution in [2.24, 2.45) is 5.92 Å². The second kappa shape index (κ2) is 16.2. The number of phenols is 1. The zero-order chi connectivity index (χ0) is 26.9. The third-order valence-corrected chi connectivity index (χ3v) is 6.55. The Morgan fingerprint density at radius 1 is 1.00 bits per heavy atom. The normalized spacial score (nSPS) is 12.6. The van der Waals surface area contributed by atoms with Gasteiger partial charge in [-0.3, -0.25) is 4.79 Å². The summed E-state index contributed by atoms with van der Waals surface area (Å²) >= 11 is 12.1. The number of nitrogens with zero attached hydrogens (tertiary/aromatic N) is 1. The molecule has 0 heterocycles. The summed E-state index contributed by atoms with van der Waals surface area (Å²) in [6, 6.07) is 19.2. The Labute approximate surface area is 237 Å². The molecule has 2 atom stereocenters. The van der Waals surface area contributed by atoms with E-state index in [0.717, 1.165) is 12.1 Å². The fraction of sp³-hybridized carbons (Fsp3) is 0.367. The van der Waals surface area contributed by atoms with Crippen LogP contribution in [0, 0.1) is 5.92 Å². The van der Waals surface area contributed by atoms with E-state index in [1.807, 2.05) is 40.1 Å². The third-order valence-electron chi connectivity index (χ3n) is 5.92. The highest BCUT2D eigenvalue weighted by molar-refractivity contribution is 6.39. The summed E-state index contributed by atoms with van der Waals surface area (Å²) in [5.41, 5.74) is 1.83. The van der Waals surface area contributed by atoms with Crippen molar-refractivity contribution < 1.29 is 20.1 Å². The molecule has 6 nitrogen and oxygen atoms in total. The van der Waals surface area contributed by atoms with E-state index in [2.05, 4.69) is 10.2 Å². The van der Waals surface area contributed by atoms with Crippen molar-refractivity contribution >= 4 is 40.5 Å². The van der Waals surface area contributed by atoms with Gasteiger partial charge in [-0.25, -0.2) is 0 Å². The molecule has 0 bridgehead atoms. The van der Waals surface area contributed by atoms with Gasteiger partial charge in [0.1, 0.15) is 5.75 Å². The van der Waals surface area contributed by atoms with Crippen LogP contribution in [-0.4, -0.2) is 46.8 Å². The fourth-order valence-electron chi connectivity index (χ4n) is 4.02. The van der Waals surface area contributed by atoms with Gasteiger partial charge < -0.3 is 25.5 Å². The molecule has 8 heteroatoms. The highest BCUT2D eigenvalue weighted by Gasteiger charge is 2.34. The van der Waals surface area contributed by atoms with Crippen LogP contribution in [0.25, 0.3) is 0 Å². The quantitative estimate of drug-likeness (QED) is 0.211. The fourth-order valence-corrected chi connectivity index (χ4v) is 4.51. The number of halogens is 2. The smallest absolute Gasteiger partial charge is 0.307 e. The minimum atomic E-state index is -0.889. The van der Waals surface area contributed by atoms with Gasteiger partial charge in [0.15, 0.2) is 0 Å². The molecule has 0 aliphatic rings. The molecular formula is C30H42Cl2N2O4. The minimum absolute atomic E-state index is 0.